The van der Waals surface area contributed by atoms with Crippen LogP contribution in [-0.2, 0) is 11.2 Å². The summed E-state index contributed by atoms with van der Waals surface area (Å²) in [4.78, 5) is 0. The zero-order chi connectivity index (χ0) is 15.2. The number of hydrogen-bond acceptors (Lipinski definition) is 2. The first-order valence-electron chi connectivity index (χ1n) is 7.78. The van der Waals surface area contributed by atoms with Crippen molar-refractivity contribution in [3.05, 3.63) is 35.4 Å². The second-order valence-electron chi connectivity index (χ2n) is 6.88. The SMILES string of the molecule is CCNC(COC(C)(C)C)c1cccc(CC(C)C)c1. The summed E-state index contributed by atoms with van der Waals surface area (Å²) in [5, 5.41) is 3.53. The van der Waals surface area contributed by atoms with Gasteiger partial charge in [0.05, 0.1) is 18.2 Å². The van der Waals surface area contributed by atoms with Crippen LogP contribution in [0.4, 0.5) is 0 Å². The molecule has 0 heterocycles. The quantitative estimate of drug-likeness (QED) is 0.800. The first-order valence-corrected chi connectivity index (χ1v) is 7.78. The van der Waals surface area contributed by atoms with Crippen LogP contribution in [-0.4, -0.2) is 18.8 Å². The van der Waals surface area contributed by atoms with Gasteiger partial charge in [-0.1, -0.05) is 45.0 Å². The molecule has 0 aliphatic heterocycles. The highest BCUT2D eigenvalue weighted by molar-refractivity contribution is 5.26. The van der Waals surface area contributed by atoms with E-state index in [0.717, 1.165) is 13.0 Å². The van der Waals surface area contributed by atoms with E-state index in [-0.39, 0.29) is 11.6 Å². The van der Waals surface area contributed by atoms with Crippen LogP contribution in [0.1, 0.15) is 58.7 Å². The van der Waals surface area contributed by atoms with E-state index < -0.39 is 0 Å². The van der Waals surface area contributed by atoms with Gasteiger partial charge in [0.1, 0.15) is 0 Å². The lowest BCUT2D eigenvalue weighted by Gasteiger charge is -2.25. The summed E-state index contributed by atoms with van der Waals surface area (Å²) in [6.45, 7) is 14.6. The van der Waals surface area contributed by atoms with E-state index in [0.29, 0.717) is 12.5 Å². The Balaban J connectivity index is 2.80. The third-order valence-corrected chi connectivity index (χ3v) is 3.13. The number of likely N-dealkylation sites (N-methyl/N-ethyl adjacent to an activating group) is 1. The molecule has 114 valence electrons. The van der Waals surface area contributed by atoms with Crippen molar-refractivity contribution >= 4 is 0 Å². The number of ether oxygens (including phenoxy) is 1. The van der Waals surface area contributed by atoms with Gasteiger partial charge in [-0.3, -0.25) is 0 Å². The highest BCUT2D eigenvalue weighted by Gasteiger charge is 2.16. The van der Waals surface area contributed by atoms with Crippen LogP contribution in [0.25, 0.3) is 0 Å². The monoisotopic (exact) mass is 277 g/mol. The van der Waals surface area contributed by atoms with Crippen molar-refractivity contribution in [3.63, 3.8) is 0 Å². The van der Waals surface area contributed by atoms with Gasteiger partial charge in [-0.2, -0.15) is 0 Å². The highest BCUT2D eigenvalue weighted by Crippen LogP contribution is 2.19. The normalized spacial score (nSPS) is 13.8. The zero-order valence-electron chi connectivity index (χ0n) is 14.0. The number of rotatable bonds is 7. The van der Waals surface area contributed by atoms with E-state index in [9.17, 15) is 0 Å². The molecule has 0 amide bonds. The summed E-state index contributed by atoms with van der Waals surface area (Å²) in [6, 6.07) is 9.17. The Morgan fingerprint density at radius 3 is 2.45 bits per heavy atom. The third-order valence-electron chi connectivity index (χ3n) is 3.13. The molecule has 0 aromatic heterocycles. The van der Waals surface area contributed by atoms with Crippen LogP contribution in [0.15, 0.2) is 24.3 Å². The molecule has 0 spiro atoms. The summed E-state index contributed by atoms with van der Waals surface area (Å²) in [5.41, 5.74) is 2.65. The number of benzene rings is 1. The van der Waals surface area contributed by atoms with Crippen LogP contribution >= 0.6 is 0 Å². The van der Waals surface area contributed by atoms with Crippen molar-refractivity contribution in [1.29, 1.82) is 0 Å². The van der Waals surface area contributed by atoms with Crippen LogP contribution < -0.4 is 5.32 Å². The molecular formula is C18H31NO. The van der Waals surface area contributed by atoms with E-state index in [1.54, 1.807) is 0 Å². The van der Waals surface area contributed by atoms with E-state index >= 15 is 0 Å². The molecule has 20 heavy (non-hydrogen) atoms. The molecule has 1 atom stereocenters. The van der Waals surface area contributed by atoms with E-state index in [1.165, 1.54) is 11.1 Å². The zero-order valence-corrected chi connectivity index (χ0v) is 14.0. The highest BCUT2D eigenvalue weighted by atomic mass is 16.5. The van der Waals surface area contributed by atoms with E-state index in [2.05, 4.69) is 71.1 Å². The minimum atomic E-state index is -0.0940. The first-order chi connectivity index (χ1) is 9.31. The fraction of sp³-hybridized carbons (Fsp3) is 0.667. The van der Waals surface area contributed by atoms with Crippen LogP contribution in [0.2, 0.25) is 0 Å². The van der Waals surface area contributed by atoms with Crippen molar-refractivity contribution in [2.75, 3.05) is 13.2 Å². The van der Waals surface area contributed by atoms with Gasteiger partial charge < -0.3 is 10.1 Å². The van der Waals surface area contributed by atoms with Gasteiger partial charge in [0, 0.05) is 0 Å². The standard InChI is InChI=1S/C18H31NO/c1-7-19-17(13-20-18(4,5)6)16-10-8-9-15(12-16)11-14(2)3/h8-10,12,14,17,19H,7,11,13H2,1-6H3. The fourth-order valence-electron chi connectivity index (χ4n) is 2.26. The average molecular weight is 277 g/mol. The van der Waals surface area contributed by atoms with Crippen molar-refractivity contribution < 1.29 is 4.74 Å². The average Bonchev–Trinajstić information content (AvgIpc) is 2.33. The molecule has 0 saturated carbocycles. The van der Waals surface area contributed by atoms with Gasteiger partial charge in [-0.15, -0.1) is 0 Å². The van der Waals surface area contributed by atoms with Crippen LogP contribution in [0.5, 0.6) is 0 Å². The molecule has 1 unspecified atom stereocenters. The van der Waals surface area contributed by atoms with Crippen molar-refractivity contribution in [1.82, 2.24) is 5.32 Å². The summed E-state index contributed by atoms with van der Waals surface area (Å²) in [6.07, 6.45) is 1.13. The van der Waals surface area contributed by atoms with Gasteiger partial charge in [0.15, 0.2) is 0 Å². The lowest BCUT2D eigenvalue weighted by Crippen LogP contribution is -2.30. The number of nitrogens with one attached hydrogen (secondary N) is 1. The van der Waals surface area contributed by atoms with Gasteiger partial charge in [-0.25, -0.2) is 0 Å². The lowest BCUT2D eigenvalue weighted by molar-refractivity contribution is -0.0146. The minimum Gasteiger partial charge on any atom is -0.374 e. The summed E-state index contributed by atoms with van der Waals surface area (Å²) >= 11 is 0. The molecule has 0 fully saturated rings. The Bertz CT molecular complexity index is 393. The molecule has 0 bridgehead atoms. The molecule has 0 aliphatic rings. The Morgan fingerprint density at radius 1 is 1.20 bits per heavy atom. The second-order valence-corrected chi connectivity index (χ2v) is 6.88. The molecule has 2 heteroatoms. The maximum Gasteiger partial charge on any atom is 0.0668 e. The third kappa shape index (κ3) is 6.53. The molecule has 0 aliphatic carbocycles. The molecule has 1 N–H and O–H groups in total. The minimum absolute atomic E-state index is 0.0940. The maximum atomic E-state index is 5.96. The van der Waals surface area contributed by atoms with Gasteiger partial charge in [-0.05, 0) is 50.8 Å². The largest absolute Gasteiger partial charge is 0.374 e. The fourth-order valence-corrected chi connectivity index (χ4v) is 2.26. The topological polar surface area (TPSA) is 21.3 Å². The van der Waals surface area contributed by atoms with Crippen molar-refractivity contribution in [2.24, 2.45) is 5.92 Å². The lowest BCUT2D eigenvalue weighted by atomic mass is 9.98. The predicted molar refractivity (Wildman–Crippen MR) is 87.1 cm³/mol. The molecule has 0 radical (unpaired) electrons. The molecule has 0 saturated heterocycles. The first kappa shape index (κ1) is 17.2. The molecule has 1 rings (SSSR count). The van der Waals surface area contributed by atoms with Crippen LogP contribution in [0, 0.1) is 5.92 Å². The smallest absolute Gasteiger partial charge is 0.0668 e. The molecule has 1 aromatic carbocycles. The van der Waals surface area contributed by atoms with Crippen molar-refractivity contribution in [3.8, 4) is 0 Å². The van der Waals surface area contributed by atoms with Gasteiger partial charge in [0.25, 0.3) is 0 Å². The predicted octanol–water partition coefficient (Wildman–Crippen LogP) is 4.35. The van der Waals surface area contributed by atoms with E-state index in [1.807, 2.05) is 0 Å². The molecule has 2 nitrogen and oxygen atoms in total. The summed E-state index contributed by atoms with van der Waals surface area (Å²) in [5.74, 6) is 0.689. The number of hydrogen-bond donors (Lipinski definition) is 1. The Kier molecular flexibility index (Phi) is 6.70. The van der Waals surface area contributed by atoms with Gasteiger partial charge in [0.2, 0.25) is 0 Å². The summed E-state index contributed by atoms with van der Waals surface area (Å²) in [7, 11) is 0. The molecule has 1 aromatic rings. The Morgan fingerprint density at radius 2 is 1.90 bits per heavy atom. The Labute approximate surface area is 124 Å². The second kappa shape index (κ2) is 7.80. The summed E-state index contributed by atoms with van der Waals surface area (Å²) < 4.78 is 5.96. The molecular weight excluding hydrogens is 246 g/mol. The van der Waals surface area contributed by atoms with E-state index in [4.69, 9.17) is 4.74 Å². The maximum absolute atomic E-state index is 5.96. The van der Waals surface area contributed by atoms with Gasteiger partial charge >= 0.3 is 0 Å². The van der Waals surface area contributed by atoms with Crippen molar-refractivity contribution in [2.45, 2.75) is 59.6 Å². The van der Waals surface area contributed by atoms with Crippen LogP contribution in [0.3, 0.4) is 0 Å². The Hall–Kier alpha value is -0.860.